The van der Waals surface area contributed by atoms with Gasteiger partial charge in [0.1, 0.15) is 5.82 Å². The molecule has 0 aliphatic heterocycles. The lowest BCUT2D eigenvalue weighted by atomic mass is 9.78. The number of halogens is 2. The van der Waals surface area contributed by atoms with Gasteiger partial charge in [-0.25, -0.2) is 9.97 Å². The number of thiazole rings is 1. The lowest BCUT2D eigenvalue weighted by Crippen LogP contribution is -2.35. The maximum Gasteiger partial charge on any atom is 0.222 e. The lowest BCUT2D eigenvalue weighted by molar-refractivity contribution is 0.345. The fourth-order valence-corrected chi connectivity index (χ4v) is 2.98. The second kappa shape index (κ2) is 8.47. The molecule has 0 spiro atoms. The number of aromatic nitrogens is 3. The van der Waals surface area contributed by atoms with Crippen LogP contribution in [0.1, 0.15) is 29.5 Å². The first-order chi connectivity index (χ1) is 9.70. The third kappa shape index (κ3) is 4.67. The smallest absolute Gasteiger partial charge is 0.222 e. The summed E-state index contributed by atoms with van der Waals surface area (Å²) in [7, 11) is 0. The maximum absolute atomic E-state index is 5.82. The molecule has 5 N–H and O–H groups in total. The molecule has 122 valence electrons. The quantitative estimate of drug-likeness (QED) is 0.753. The van der Waals surface area contributed by atoms with E-state index in [4.69, 9.17) is 11.5 Å². The highest BCUT2D eigenvalue weighted by molar-refractivity contribution is 7.09. The van der Waals surface area contributed by atoms with Gasteiger partial charge in [0.15, 0.2) is 0 Å². The van der Waals surface area contributed by atoms with Crippen LogP contribution in [0, 0.1) is 0 Å². The van der Waals surface area contributed by atoms with E-state index in [-0.39, 0.29) is 24.8 Å². The summed E-state index contributed by atoms with van der Waals surface area (Å²) in [5.74, 6) is 1.53. The van der Waals surface area contributed by atoms with Gasteiger partial charge in [-0.15, -0.1) is 36.2 Å². The van der Waals surface area contributed by atoms with E-state index in [2.05, 4.69) is 20.3 Å². The van der Waals surface area contributed by atoms with Crippen molar-refractivity contribution in [2.75, 3.05) is 17.6 Å². The third-order valence-electron chi connectivity index (χ3n) is 3.48. The van der Waals surface area contributed by atoms with Crippen LogP contribution in [0.2, 0.25) is 0 Å². The zero-order chi connectivity index (χ0) is 13.9. The predicted molar refractivity (Wildman–Crippen MR) is 95.2 cm³/mol. The summed E-state index contributed by atoms with van der Waals surface area (Å²) in [6.07, 6.45) is 4.66. The highest BCUT2D eigenvalue weighted by atomic mass is 35.5. The van der Waals surface area contributed by atoms with Crippen molar-refractivity contribution in [2.45, 2.75) is 31.2 Å². The number of nitrogens with two attached hydrogens (primary N) is 2. The van der Waals surface area contributed by atoms with E-state index in [1.807, 2.05) is 17.6 Å². The van der Waals surface area contributed by atoms with Crippen LogP contribution >= 0.6 is 36.2 Å². The van der Waals surface area contributed by atoms with Gasteiger partial charge in [-0.3, -0.25) is 0 Å². The molecule has 0 atom stereocenters. The minimum absolute atomic E-state index is 0. The van der Waals surface area contributed by atoms with Gasteiger partial charge in [-0.1, -0.05) is 0 Å². The number of anilines is 2. The van der Waals surface area contributed by atoms with Crippen LogP contribution in [0.15, 0.2) is 17.6 Å². The summed E-state index contributed by atoms with van der Waals surface area (Å²) in [6, 6.07) is 2.28. The molecule has 9 heteroatoms. The summed E-state index contributed by atoms with van der Waals surface area (Å²) in [5.41, 5.74) is 12.6. The van der Waals surface area contributed by atoms with Gasteiger partial charge >= 0.3 is 0 Å². The molecule has 0 bridgehead atoms. The van der Waals surface area contributed by atoms with Crippen molar-refractivity contribution in [1.82, 2.24) is 15.0 Å². The van der Waals surface area contributed by atoms with Crippen molar-refractivity contribution >= 4 is 47.9 Å². The van der Waals surface area contributed by atoms with Gasteiger partial charge in [-0.2, -0.15) is 4.98 Å². The topological polar surface area (TPSA) is 103 Å². The molecular weight excluding hydrogens is 343 g/mol. The molecular formula is C13H20Cl2N6S. The van der Waals surface area contributed by atoms with E-state index in [0.29, 0.717) is 17.9 Å². The standard InChI is InChI=1S/C13H18N6S.2ClH/c14-9-5-8(6-9)10-7-11(19-13(15)18-10)16-2-1-12-17-3-4-20-12;;/h3-4,7-9H,1-2,5-6,14H2,(H3,15,16,18,19);2*1H. The molecule has 0 amide bonds. The number of hydrogen-bond acceptors (Lipinski definition) is 7. The molecule has 1 saturated carbocycles. The van der Waals surface area contributed by atoms with Crippen molar-refractivity contribution in [1.29, 1.82) is 0 Å². The Morgan fingerprint density at radius 3 is 2.68 bits per heavy atom. The van der Waals surface area contributed by atoms with Gasteiger partial charge in [0.2, 0.25) is 5.95 Å². The number of nitrogens with one attached hydrogen (secondary N) is 1. The monoisotopic (exact) mass is 362 g/mol. The number of hydrogen-bond donors (Lipinski definition) is 3. The van der Waals surface area contributed by atoms with Crippen LogP contribution in [0.3, 0.4) is 0 Å². The molecule has 22 heavy (non-hydrogen) atoms. The van der Waals surface area contributed by atoms with E-state index >= 15 is 0 Å². The lowest BCUT2D eigenvalue weighted by Gasteiger charge is -2.32. The van der Waals surface area contributed by atoms with E-state index < -0.39 is 0 Å². The largest absolute Gasteiger partial charge is 0.369 e. The molecule has 3 rings (SSSR count). The number of rotatable bonds is 5. The average molecular weight is 363 g/mol. The van der Waals surface area contributed by atoms with Crippen molar-refractivity contribution < 1.29 is 0 Å². The Balaban J connectivity index is 0.00000121. The summed E-state index contributed by atoms with van der Waals surface area (Å²) < 4.78 is 0. The Kier molecular flexibility index (Phi) is 7.28. The molecule has 0 unspecified atom stereocenters. The normalized spacial score (nSPS) is 19.5. The second-order valence-corrected chi connectivity index (χ2v) is 6.05. The summed E-state index contributed by atoms with van der Waals surface area (Å²) in [4.78, 5) is 12.8. The van der Waals surface area contributed by atoms with Gasteiger partial charge in [-0.05, 0) is 12.8 Å². The highest BCUT2D eigenvalue weighted by Crippen LogP contribution is 2.35. The van der Waals surface area contributed by atoms with Crippen molar-refractivity contribution in [3.63, 3.8) is 0 Å². The molecule has 6 nitrogen and oxygen atoms in total. The van der Waals surface area contributed by atoms with Crippen molar-refractivity contribution in [3.05, 3.63) is 28.3 Å². The average Bonchev–Trinajstić information content (AvgIpc) is 2.87. The second-order valence-electron chi connectivity index (χ2n) is 5.07. The molecule has 0 saturated heterocycles. The van der Waals surface area contributed by atoms with Gasteiger partial charge in [0, 0.05) is 42.6 Å². The molecule has 1 fully saturated rings. The van der Waals surface area contributed by atoms with Gasteiger partial charge in [0.05, 0.1) is 10.7 Å². The zero-order valence-electron chi connectivity index (χ0n) is 11.9. The number of nitrogen functional groups attached to an aromatic ring is 1. The van der Waals surface area contributed by atoms with Crippen molar-refractivity contribution in [2.24, 2.45) is 5.73 Å². The zero-order valence-corrected chi connectivity index (χ0v) is 14.4. The van der Waals surface area contributed by atoms with Crippen LogP contribution in [0.5, 0.6) is 0 Å². The number of nitrogens with zero attached hydrogens (tertiary/aromatic N) is 3. The van der Waals surface area contributed by atoms with Crippen molar-refractivity contribution in [3.8, 4) is 0 Å². The van der Waals surface area contributed by atoms with E-state index in [1.54, 1.807) is 11.3 Å². The first-order valence-electron chi connectivity index (χ1n) is 6.73. The summed E-state index contributed by atoms with van der Waals surface area (Å²) >= 11 is 1.66. The minimum atomic E-state index is 0. The molecule has 1 aliphatic carbocycles. The first kappa shape index (κ1) is 18.9. The summed E-state index contributed by atoms with van der Waals surface area (Å²) in [5, 5.41) is 6.38. The molecule has 2 aromatic heterocycles. The minimum Gasteiger partial charge on any atom is -0.369 e. The molecule has 2 aromatic rings. The Hall–Kier alpha value is -1.15. The Labute approximate surface area is 146 Å². The fraction of sp³-hybridized carbons (Fsp3) is 0.462. The van der Waals surface area contributed by atoms with E-state index in [1.165, 1.54) is 0 Å². The molecule has 2 heterocycles. The van der Waals surface area contributed by atoms with Gasteiger partial charge < -0.3 is 16.8 Å². The first-order valence-corrected chi connectivity index (χ1v) is 7.61. The molecule has 1 aliphatic rings. The van der Waals surface area contributed by atoms with Crippen LogP contribution < -0.4 is 16.8 Å². The predicted octanol–water partition coefficient (Wildman–Crippen LogP) is 2.22. The Morgan fingerprint density at radius 2 is 2.05 bits per heavy atom. The van der Waals surface area contributed by atoms with Crippen LogP contribution in [0.25, 0.3) is 0 Å². The maximum atomic E-state index is 5.82. The SMILES string of the molecule is Cl.Cl.Nc1nc(NCCc2nccs2)cc(C2CC(N)C2)n1. The third-order valence-corrected chi connectivity index (χ3v) is 4.32. The highest BCUT2D eigenvalue weighted by Gasteiger charge is 2.29. The van der Waals surface area contributed by atoms with Crippen LogP contribution in [0.4, 0.5) is 11.8 Å². The Morgan fingerprint density at radius 1 is 1.27 bits per heavy atom. The molecule has 0 radical (unpaired) electrons. The van der Waals surface area contributed by atoms with E-state index in [0.717, 1.165) is 42.3 Å². The van der Waals surface area contributed by atoms with Crippen LogP contribution in [-0.2, 0) is 6.42 Å². The molecule has 0 aromatic carbocycles. The Bertz CT molecular complexity index is 574. The van der Waals surface area contributed by atoms with Gasteiger partial charge in [0.25, 0.3) is 0 Å². The van der Waals surface area contributed by atoms with Crippen LogP contribution in [-0.4, -0.2) is 27.5 Å². The summed E-state index contributed by atoms with van der Waals surface area (Å²) in [6.45, 7) is 0.785. The fourth-order valence-electron chi connectivity index (χ4n) is 2.36. The van der Waals surface area contributed by atoms with E-state index in [9.17, 15) is 0 Å².